The molecule has 0 aliphatic rings. The topological polar surface area (TPSA) is 28.1 Å². The maximum absolute atomic E-state index is 4.56. The van der Waals surface area contributed by atoms with Crippen molar-refractivity contribution >= 4 is 49.9 Å². The Morgan fingerprint density at radius 2 is 2.31 bits per heavy atom. The maximum atomic E-state index is 4.56. The molecule has 0 aliphatic carbocycles. The second-order valence-corrected chi connectivity index (χ2v) is 3.58. The number of nitrogens with zero attached hydrogens (tertiary/aromatic N) is 1. The van der Waals surface area contributed by atoms with E-state index in [9.17, 15) is 0 Å². The first-order valence-corrected chi connectivity index (χ1v) is 4.86. The van der Waals surface area contributed by atoms with Crippen molar-refractivity contribution in [2.45, 2.75) is 0 Å². The molecule has 0 saturated heterocycles. The molecule has 64 valence electrons. The van der Waals surface area contributed by atoms with E-state index in [1.807, 2.05) is 24.4 Å². The third-order valence-corrected chi connectivity index (χ3v) is 2.56. The number of hydrogen-bond acceptors (Lipinski definition) is 2. The molecule has 0 amide bonds. The number of rotatable bonds is 1. The van der Waals surface area contributed by atoms with Crippen LogP contribution >= 0.6 is 28.1 Å². The first-order valence-electron chi connectivity index (χ1n) is 3.66. The Labute approximate surface area is 88.8 Å². The van der Waals surface area contributed by atoms with Gasteiger partial charge in [0.25, 0.3) is 0 Å². The van der Waals surface area contributed by atoms with Crippen molar-refractivity contribution < 1.29 is 0 Å². The molecule has 0 unspecified atom stereocenters. The van der Waals surface area contributed by atoms with Gasteiger partial charge in [-0.25, -0.2) is 0 Å². The molecule has 1 aromatic heterocycles. The van der Waals surface area contributed by atoms with E-state index >= 15 is 0 Å². The fourth-order valence-electron chi connectivity index (χ4n) is 1.25. The van der Waals surface area contributed by atoms with Crippen molar-refractivity contribution in [3.63, 3.8) is 0 Å². The average Bonchev–Trinajstić information content (AvgIpc) is 2.50. The number of benzene rings is 1. The average molecular weight is 253 g/mol. The number of thiocarbonyl (C=S) groups is 1. The highest BCUT2D eigenvalue weighted by Crippen LogP contribution is 2.29. The quantitative estimate of drug-likeness (QED) is 0.609. The van der Waals surface area contributed by atoms with Crippen molar-refractivity contribution in [3.8, 4) is 0 Å². The normalized spacial score (nSPS) is 9.92. The Morgan fingerprint density at radius 3 is 3.08 bits per heavy atom. The van der Waals surface area contributed by atoms with Gasteiger partial charge in [-0.3, -0.25) is 0 Å². The van der Waals surface area contributed by atoms with Crippen molar-refractivity contribution in [1.82, 2.24) is 4.98 Å². The molecule has 2 aromatic rings. The number of aromatic amines is 1. The van der Waals surface area contributed by atoms with Crippen LogP contribution in [0.2, 0.25) is 0 Å². The van der Waals surface area contributed by atoms with Crippen molar-refractivity contribution in [3.05, 3.63) is 28.9 Å². The summed E-state index contributed by atoms with van der Waals surface area (Å²) >= 11 is 7.99. The van der Waals surface area contributed by atoms with Gasteiger partial charge in [0.2, 0.25) is 0 Å². The molecule has 0 aliphatic heterocycles. The van der Waals surface area contributed by atoms with Crippen LogP contribution in [0.5, 0.6) is 0 Å². The Morgan fingerprint density at radius 1 is 1.46 bits per heavy atom. The first kappa shape index (κ1) is 8.63. The van der Waals surface area contributed by atoms with E-state index < -0.39 is 0 Å². The lowest BCUT2D eigenvalue weighted by atomic mass is 10.2. The van der Waals surface area contributed by atoms with E-state index in [1.165, 1.54) is 0 Å². The highest BCUT2D eigenvalue weighted by molar-refractivity contribution is 9.10. The molecule has 0 fully saturated rings. The van der Waals surface area contributed by atoms with E-state index in [4.69, 9.17) is 0 Å². The van der Waals surface area contributed by atoms with Crippen LogP contribution in [0.3, 0.4) is 0 Å². The lowest BCUT2D eigenvalue weighted by Crippen LogP contribution is -1.69. The monoisotopic (exact) mass is 252 g/mol. The number of H-pyrrole nitrogens is 1. The van der Waals surface area contributed by atoms with Gasteiger partial charge >= 0.3 is 0 Å². The Hall–Kier alpha value is -0.960. The summed E-state index contributed by atoms with van der Waals surface area (Å²) in [5.41, 5.74) is 1.80. The van der Waals surface area contributed by atoms with Crippen LogP contribution in [-0.2, 0) is 0 Å². The Bertz CT molecular complexity index is 497. The van der Waals surface area contributed by atoms with Gasteiger partial charge in [-0.15, -0.1) is 0 Å². The summed E-state index contributed by atoms with van der Waals surface area (Å²) in [5, 5.41) is 3.46. The van der Waals surface area contributed by atoms with Gasteiger partial charge in [0, 0.05) is 16.1 Å². The molecule has 0 atom stereocenters. The molecule has 2 nitrogen and oxygen atoms in total. The minimum absolute atomic E-state index is 0.818. The first-order chi connectivity index (χ1) is 6.33. The van der Waals surface area contributed by atoms with Crippen LogP contribution in [-0.4, -0.2) is 10.1 Å². The summed E-state index contributed by atoms with van der Waals surface area (Å²) in [6, 6.07) is 5.84. The van der Waals surface area contributed by atoms with Crippen molar-refractivity contribution in [2.24, 2.45) is 4.99 Å². The summed E-state index contributed by atoms with van der Waals surface area (Å²) in [6.45, 7) is 0. The zero-order valence-electron chi connectivity index (χ0n) is 6.54. The third-order valence-electron chi connectivity index (χ3n) is 1.81. The predicted molar refractivity (Wildman–Crippen MR) is 60.7 cm³/mol. The molecule has 4 heteroatoms. The van der Waals surface area contributed by atoms with Crippen LogP contribution < -0.4 is 0 Å². The third kappa shape index (κ3) is 1.44. The lowest BCUT2D eigenvalue weighted by molar-refractivity contribution is 1.45. The summed E-state index contributed by atoms with van der Waals surface area (Å²) < 4.78 is 1.03. The molecular formula is C9H5BrN2S. The van der Waals surface area contributed by atoms with Gasteiger partial charge in [0.1, 0.15) is 0 Å². The van der Waals surface area contributed by atoms with E-state index in [-0.39, 0.29) is 0 Å². The highest BCUT2D eigenvalue weighted by atomic mass is 79.9. The smallest absolute Gasteiger partial charge is 0.0980 e. The second-order valence-electron chi connectivity index (χ2n) is 2.54. The van der Waals surface area contributed by atoms with Gasteiger partial charge in [-0.1, -0.05) is 12.1 Å². The minimum Gasteiger partial charge on any atom is -0.358 e. The number of isothiocyanates is 1. The van der Waals surface area contributed by atoms with Gasteiger partial charge in [0.15, 0.2) is 0 Å². The number of nitrogens with one attached hydrogen (secondary N) is 1. The highest BCUT2D eigenvalue weighted by Gasteiger charge is 2.03. The predicted octanol–water partition coefficient (Wildman–Crippen LogP) is 3.66. The summed E-state index contributed by atoms with van der Waals surface area (Å²) in [6.07, 6.45) is 1.88. The van der Waals surface area contributed by atoms with Crippen molar-refractivity contribution in [2.75, 3.05) is 0 Å². The fraction of sp³-hybridized carbons (Fsp3) is 0. The van der Waals surface area contributed by atoms with Gasteiger partial charge in [-0.05, 0) is 34.2 Å². The van der Waals surface area contributed by atoms with Crippen LogP contribution in [0.4, 0.5) is 5.69 Å². The minimum atomic E-state index is 0.818. The molecule has 0 bridgehead atoms. The lowest BCUT2D eigenvalue weighted by Gasteiger charge is -1.93. The number of aromatic nitrogens is 1. The van der Waals surface area contributed by atoms with E-state index in [0.29, 0.717) is 0 Å². The maximum Gasteiger partial charge on any atom is 0.0980 e. The summed E-state index contributed by atoms with van der Waals surface area (Å²) in [5.74, 6) is 0. The molecule has 1 aromatic carbocycles. The largest absolute Gasteiger partial charge is 0.358 e. The number of aliphatic imine (C=N–C) groups is 1. The van der Waals surface area contributed by atoms with Crippen molar-refractivity contribution in [1.29, 1.82) is 0 Å². The molecule has 1 heterocycles. The number of para-hydroxylation sites is 1. The van der Waals surface area contributed by atoms with E-state index in [0.717, 1.165) is 21.1 Å². The Kier molecular flexibility index (Phi) is 2.27. The van der Waals surface area contributed by atoms with Crippen LogP contribution in [0.15, 0.2) is 33.9 Å². The molecule has 0 radical (unpaired) electrons. The summed E-state index contributed by atoms with van der Waals surface area (Å²) in [7, 11) is 0. The second kappa shape index (κ2) is 3.42. The van der Waals surface area contributed by atoms with Crippen LogP contribution in [0, 0.1) is 0 Å². The number of hydrogen-bond donors (Lipinski definition) is 1. The summed E-state index contributed by atoms with van der Waals surface area (Å²) in [4.78, 5) is 7.08. The van der Waals surface area contributed by atoms with Gasteiger partial charge in [-0.2, -0.15) is 4.99 Å². The zero-order chi connectivity index (χ0) is 9.26. The van der Waals surface area contributed by atoms with E-state index in [1.54, 1.807) is 0 Å². The van der Waals surface area contributed by atoms with Crippen LogP contribution in [0.1, 0.15) is 0 Å². The van der Waals surface area contributed by atoms with Gasteiger partial charge < -0.3 is 4.98 Å². The van der Waals surface area contributed by atoms with E-state index in [2.05, 4.69) is 43.3 Å². The Balaban J connectivity index is 2.84. The standard InChI is InChI=1S/C9H5BrN2S/c10-7-4-11-9-6(7)2-1-3-8(9)12-5-13/h1-4,11H. The molecule has 0 saturated carbocycles. The fourth-order valence-corrected chi connectivity index (χ4v) is 1.79. The zero-order valence-corrected chi connectivity index (χ0v) is 8.95. The molecule has 0 spiro atoms. The van der Waals surface area contributed by atoms with Crippen LogP contribution in [0.25, 0.3) is 10.9 Å². The molecule has 13 heavy (non-hydrogen) atoms. The number of halogens is 1. The molecule has 1 N–H and O–H groups in total. The molecular weight excluding hydrogens is 248 g/mol. The SMILES string of the molecule is S=C=Nc1cccc2c(Br)c[nH]c12. The molecule has 2 rings (SSSR count). The number of fused-ring (bicyclic) bond motifs is 1. The van der Waals surface area contributed by atoms with Gasteiger partial charge in [0.05, 0.1) is 16.4 Å².